The number of benzene rings is 2. The molecule has 1 unspecified atom stereocenters. The van der Waals surface area contributed by atoms with Crippen LogP contribution in [0.5, 0.6) is 5.75 Å². The second-order valence-electron chi connectivity index (χ2n) is 8.40. The van der Waals surface area contributed by atoms with Gasteiger partial charge in [-0.05, 0) is 80.6 Å². The fourth-order valence-electron chi connectivity index (χ4n) is 4.67. The minimum absolute atomic E-state index is 0.615. The molecule has 1 saturated heterocycles. The van der Waals surface area contributed by atoms with Gasteiger partial charge in [0.05, 0.1) is 7.11 Å². The molecule has 2 aromatic carbocycles. The van der Waals surface area contributed by atoms with Crippen LogP contribution < -0.4 is 15.0 Å². The third-order valence-electron chi connectivity index (χ3n) is 6.47. The van der Waals surface area contributed by atoms with Gasteiger partial charge in [-0.2, -0.15) is 0 Å². The lowest BCUT2D eigenvalue weighted by molar-refractivity contribution is 0.252. The van der Waals surface area contributed by atoms with E-state index in [-0.39, 0.29) is 0 Å². The predicted octanol–water partition coefficient (Wildman–Crippen LogP) is 3.74. The molecule has 29 heavy (non-hydrogen) atoms. The Hall–Kier alpha value is -2.04. The molecule has 1 heterocycles. The number of nitrogens with one attached hydrogen (secondary N) is 1. The highest BCUT2D eigenvalue weighted by Gasteiger charge is 2.19. The van der Waals surface area contributed by atoms with E-state index < -0.39 is 0 Å². The lowest BCUT2D eigenvalue weighted by Crippen LogP contribution is -2.46. The number of rotatable bonds is 8. The number of para-hydroxylation sites is 1. The number of hydrogen-bond acceptors (Lipinski definition) is 4. The van der Waals surface area contributed by atoms with Crippen molar-refractivity contribution in [3.8, 4) is 5.75 Å². The molecule has 1 atom stereocenters. The van der Waals surface area contributed by atoms with E-state index in [1.807, 2.05) is 0 Å². The van der Waals surface area contributed by atoms with E-state index in [4.69, 9.17) is 4.74 Å². The lowest BCUT2D eigenvalue weighted by Gasteiger charge is -2.36. The smallest absolute Gasteiger partial charge is 0.119 e. The molecular formula is C25H35N3O. The standard InChI is InChI=1S/C25H35N3O/c1-29-25-12-10-21-9-11-23(19-22(21)20-25)26-13-5-6-14-27-15-17-28(18-16-27)24-7-3-2-4-8-24/h2-4,7-8,10,12,20,23,26H,5-6,9,11,13-19H2,1H3. The average Bonchev–Trinajstić information content (AvgIpc) is 2.79. The molecule has 4 nitrogen and oxygen atoms in total. The largest absolute Gasteiger partial charge is 0.497 e. The number of fused-ring (bicyclic) bond motifs is 1. The Balaban J connectivity index is 1.11. The summed E-state index contributed by atoms with van der Waals surface area (Å²) >= 11 is 0. The molecule has 4 heteroatoms. The highest BCUT2D eigenvalue weighted by molar-refractivity contribution is 5.46. The summed E-state index contributed by atoms with van der Waals surface area (Å²) < 4.78 is 5.39. The molecule has 0 bridgehead atoms. The molecular weight excluding hydrogens is 358 g/mol. The molecule has 1 fully saturated rings. The summed E-state index contributed by atoms with van der Waals surface area (Å²) in [5.41, 5.74) is 4.32. The summed E-state index contributed by atoms with van der Waals surface area (Å²) in [6.07, 6.45) is 6.12. The summed E-state index contributed by atoms with van der Waals surface area (Å²) in [6.45, 7) is 7.02. The molecule has 0 saturated carbocycles. The Morgan fingerprint density at radius 1 is 0.966 bits per heavy atom. The minimum atomic E-state index is 0.615. The normalized spacial score (nSPS) is 19.8. The predicted molar refractivity (Wildman–Crippen MR) is 121 cm³/mol. The van der Waals surface area contributed by atoms with Crippen molar-refractivity contribution in [1.29, 1.82) is 0 Å². The Morgan fingerprint density at radius 3 is 2.59 bits per heavy atom. The zero-order valence-electron chi connectivity index (χ0n) is 17.8. The Kier molecular flexibility index (Phi) is 7.07. The van der Waals surface area contributed by atoms with Gasteiger partial charge in [0.25, 0.3) is 0 Å². The Morgan fingerprint density at radius 2 is 1.79 bits per heavy atom. The number of nitrogens with zero attached hydrogens (tertiary/aromatic N) is 2. The fraction of sp³-hybridized carbons (Fsp3) is 0.520. The second-order valence-corrected chi connectivity index (χ2v) is 8.40. The third-order valence-corrected chi connectivity index (χ3v) is 6.47. The van der Waals surface area contributed by atoms with Crippen LogP contribution in [-0.2, 0) is 12.8 Å². The van der Waals surface area contributed by atoms with Crippen molar-refractivity contribution in [2.24, 2.45) is 0 Å². The van der Waals surface area contributed by atoms with Gasteiger partial charge in [-0.15, -0.1) is 0 Å². The van der Waals surface area contributed by atoms with Crippen molar-refractivity contribution >= 4 is 5.69 Å². The van der Waals surface area contributed by atoms with Crippen LogP contribution in [0, 0.1) is 0 Å². The summed E-state index contributed by atoms with van der Waals surface area (Å²) in [7, 11) is 1.75. The summed E-state index contributed by atoms with van der Waals surface area (Å²) in [5.74, 6) is 0.983. The van der Waals surface area contributed by atoms with Gasteiger partial charge in [0.15, 0.2) is 0 Å². The van der Waals surface area contributed by atoms with E-state index in [9.17, 15) is 0 Å². The zero-order chi connectivity index (χ0) is 19.9. The van der Waals surface area contributed by atoms with Crippen molar-refractivity contribution in [3.05, 3.63) is 59.7 Å². The Labute approximate surface area is 175 Å². The van der Waals surface area contributed by atoms with Crippen LogP contribution >= 0.6 is 0 Å². The third kappa shape index (κ3) is 5.52. The first-order chi connectivity index (χ1) is 14.3. The molecule has 0 spiro atoms. The van der Waals surface area contributed by atoms with Crippen LogP contribution in [0.1, 0.15) is 30.4 Å². The molecule has 0 amide bonds. The molecule has 0 aromatic heterocycles. The summed E-state index contributed by atoms with van der Waals surface area (Å²) in [6, 6.07) is 18.0. The number of methoxy groups -OCH3 is 1. The lowest BCUT2D eigenvalue weighted by atomic mass is 9.88. The molecule has 1 N–H and O–H groups in total. The molecule has 2 aromatic rings. The first-order valence-corrected chi connectivity index (χ1v) is 11.2. The van der Waals surface area contributed by atoms with Crippen molar-refractivity contribution in [3.63, 3.8) is 0 Å². The van der Waals surface area contributed by atoms with E-state index in [1.165, 1.54) is 62.1 Å². The molecule has 1 aliphatic heterocycles. The van der Waals surface area contributed by atoms with Gasteiger partial charge >= 0.3 is 0 Å². The van der Waals surface area contributed by atoms with Crippen LogP contribution in [0.3, 0.4) is 0 Å². The fourth-order valence-corrected chi connectivity index (χ4v) is 4.67. The molecule has 4 rings (SSSR count). The summed E-state index contributed by atoms with van der Waals surface area (Å²) in [5, 5.41) is 3.80. The van der Waals surface area contributed by atoms with E-state index in [0.29, 0.717) is 6.04 Å². The molecule has 156 valence electrons. The van der Waals surface area contributed by atoms with Gasteiger partial charge in [-0.1, -0.05) is 24.3 Å². The van der Waals surface area contributed by atoms with Gasteiger partial charge in [0, 0.05) is 37.9 Å². The molecule has 2 aliphatic rings. The topological polar surface area (TPSA) is 27.7 Å². The van der Waals surface area contributed by atoms with E-state index in [1.54, 1.807) is 7.11 Å². The van der Waals surface area contributed by atoms with Crippen LogP contribution in [0.25, 0.3) is 0 Å². The monoisotopic (exact) mass is 393 g/mol. The SMILES string of the molecule is COc1ccc2c(c1)CC(NCCCCN1CCN(c3ccccc3)CC1)CC2. The maximum absolute atomic E-state index is 5.39. The maximum Gasteiger partial charge on any atom is 0.119 e. The molecule has 0 radical (unpaired) electrons. The number of hydrogen-bond donors (Lipinski definition) is 1. The number of aryl methyl sites for hydroxylation is 1. The van der Waals surface area contributed by atoms with Crippen LogP contribution in [-0.4, -0.2) is 57.3 Å². The van der Waals surface area contributed by atoms with E-state index >= 15 is 0 Å². The van der Waals surface area contributed by atoms with Crippen LogP contribution in [0.2, 0.25) is 0 Å². The van der Waals surface area contributed by atoms with Gasteiger partial charge < -0.3 is 15.0 Å². The maximum atomic E-state index is 5.39. The van der Waals surface area contributed by atoms with E-state index in [0.717, 1.165) is 31.8 Å². The number of ether oxygens (including phenoxy) is 1. The van der Waals surface area contributed by atoms with Crippen LogP contribution in [0.4, 0.5) is 5.69 Å². The minimum Gasteiger partial charge on any atom is -0.497 e. The van der Waals surface area contributed by atoms with Gasteiger partial charge in [0.2, 0.25) is 0 Å². The van der Waals surface area contributed by atoms with Crippen molar-refractivity contribution in [2.45, 2.75) is 38.1 Å². The number of unbranched alkanes of at least 4 members (excludes halogenated alkanes) is 1. The first kappa shape index (κ1) is 20.2. The van der Waals surface area contributed by atoms with Gasteiger partial charge in [-0.25, -0.2) is 0 Å². The quantitative estimate of drug-likeness (QED) is 0.692. The van der Waals surface area contributed by atoms with Crippen molar-refractivity contribution < 1.29 is 4.74 Å². The van der Waals surface area contributed by atoms with Crippen molar-refractivity contribution in [2.75, 3.05) is 51.3 Å². The second kappa shape index (κ2) is 10.1. The highest BCUT2D eigenvalue weighted by atomic mass is 16.5. The van der Waals surface area contributed by atoms with E-state index in [2.05, 4.69) is 63.6 Å². The first-order valence-electron chi connectivity index (χ1n) is 11.2. The van der Waals surface area contributed by atoms with Crippen LogP contribution in [0.15, 0.2) is 48.5 Å². The highest BCUT2D eigenvalue weighted by Crippen LogP contribution is 2.25. The van der Waals surface area contributed by atoms with Gasteiger partial charge in [-0.3, -0.25) is 4.90 Å². The average molecular weight is 394 g/mol. The number of piperazine rings is 1. The number of anilines is 1. The molecule has 1 aliphatic carbocycles. The Bertz CT molecular complexity index is 756. The zero-order valence-corrected chi connectivity index (χ0v) is 17.8. The summed E-state index contributed by atoms with van der Waals surface area (Å²) in [4.78, 5) is 5.14. The van der Waals surface area contributed by atoms with Crippen molar-refractivity contribution in [1.82, 2.24) is 10.2 Å². The van der Waals surface area contributed by atoms with Gasteiger partial charge in [0.1, 0.15) is 5.75 Å².